The van der Waals surface area contributed by atoms with Gasteiger partial charge in [-0.05, 0) is 37.5 Å². The number of hydrogen-bond donors (Lipinski definition) is 4. The van der Waals surface area contributed by atoms with E-state index in [2.05, 4.69) is 25.5 Å². The van der Waals surface area contributed by atoms with Crippen molar-refractivity contribution in [3.05, 3.63) is 35.3 Å². The van der Waals surface area contributed by atoms with E-state index in [-0.39, 0.29) is 29.3 Å². The number of aryl methyl sites for hydroxylation is 1. The highest BCUT2D eigenvalue weighted by atomic mass is 19.1. The molecule has 2 aromatic heterocycles. The molecule has 0 unspecified atom stereocenters. The number of nitrogens with two attached hydrogens (primary N) is 2. The summed E-state index contributed by atoms with van der Waals surface area (Å²) >= 11 is 0. The molecule has 2 aromatic rings. The lowest BCUT2D eigenvalue weighted by Gasteiger charge is -2.30. The first-order chi connectivity index (χ1) is 15.4. The number of hydrogen-bond acceptors (Lipinski definition) is 8. The van der Waals surface area contributed by atoms with Crippen molar-refractivity contribution in [2.45, 2.75) is 44.7 Å². The molecule has 9 nitrogen and oxygen atoms in total. The third-order valence-corrected chi connectivity index (χ3v) is 6.01. The Morgan fingerprint density at radius 1 is 1.22 bits per heavy atom. The van der Waals surface area contributed by atoms with Gasteiger partial charge in [0.1, 0.15) is 11.6 Å². The van der Waals surface area contributed by atoms with Crippen molar-refractivity contribution in [3.63, 3.8) is 0 Å². The molecule has 2 fully saturated rings. The molecule has 1 saturated heterocycles. The number of anilines is 4. The molecule has 1 amide bonds. The first-order valence-corrected chi connectivity index (χ1v) is 11.0. The van der Waals surface area contributed by atoms with E-state index in [0.717, 1.165) is 56.2 Å². The zero-order valence-electron chi connectivity index (χ0n) is 18.2. The van der Waals surface area contributed by atoms with Gasteiger partial charge in [-0.15, -0.1) is 0 Å². The second-order valence-electron chi connectivity index (χ2n) is 8.37. The molecule has 10 heteroatoms. The predicted octanol–water partition coefficient (Wildman–Crippen LogP) is 2.29. The molecule has 0 bridgehead atoms. The van der Waals surface area contributed by atoms with Gasteiger partial charge in [-0.1, -0.05) is 12.8 Å². The number of ether oxygens (including phenoxy) is 1. The molecule has 1 saturated carbocycles. The molecule has 6 N–H and O–H groups in total. The van der Waals surface area contributed by atoms with E-state index in [0.29, 0.717) is 18.9 Å². The van der Waals surface area contributed by atoms with Crippen LogP contribution in [0.2, 0.25) is 0 Å². The molecular formula is C22H30FN7O2. The molecule has 3 heterocycles. The lowest BCUT2D eigenvalue weighted by molar-refractivity contribution is 0.100. The Kier molecular flexibility index (Phi) is 6.71. The van der Waals surface area contributed by atoms with Crippen molar-refractivity contribution in [2.24, 2.45) is 11.5 Å². The summed E-state index contributed by atoms with van der Waals surface area (Å²) < 4.78 is 20.1. The zero-order chi connectivity index (χ0) is 22.7. The van der Waals surface area contributed by atoms with Crippen LogP contribution in [0.5, 0.6) is 0 Å². The predicted molar refractivity (Wildman–Crippen MR) is 122 cm³/mol. The first-order valence-electron chi connectivity index (χ1n) is 11.0. The largest absolute Gasteiger partial charge is 0.378 e. The molecule has 0 radical (unpaired) electrons. The number of rotatable bonds is 6. The minimum absolute atomic E-state index is 0.0316. The van der Waals surface area contributed by atoms with Gasteiger partial charge in [0.05, 0.1) is 30.7 Å². The van der Waals surface area contributed by atoms with E-state index in [1.54, 1.807) is 6.20 Å². The summed E-state index contributed by atoms with van der Waals surface area (Å²) in [6.07, 6.45) is 5.48. The van der Waals surface area contributed by atoms with Gasteiger partial charge in [-0.25, -0.2) is 14.4 Å². The maximum atomic E-state index is 14.7. The third-order valence-electron chi connectivity index (χ3n) is 6.01. The van der Waals surface area contributed by atoms with Crippen LogP contribution >= 0.6 is 0 Å². The Morgan fingerprint density at radius 2 is 1.97 bits per heavy atom. The minimum atomic E-state index is -0.769. The van der Waals surface area contributed by atoms with Gasteiger partial charge in [0.15, 0.2) is 11.6 Å². The molecule has 2 atom stereocenters. The Balaban J connectivity index is 1.59. The number of nitrogens with zero attached hydrogens (tertiary/aromatic N) is 3. The molecule has 2 aliphatic rings. The molecular weight excluding hydrogens is 413 g/mol. The fourth-order valence-corrected chi connectivity index (χ4v) is 4.27. The van der Waals surface area contributed by atoms with E-state index >= 15 is 0 Å². The van der Waals surface area contributed by atoms with E-state index in [4.69, 9.17) is 16.2 Å². The molecule has 0 aromatic carbocycles. The highest BCUT2D eigenvalue weighted by Gasteiger charge is 2.24. The summed E-state index contributed by atoms with van der Waals surface area (Å²) in [5.41, 5.74) is 13.2. The Morgan fingerprint density at radius 3 is 2.66 bits per heavy atom. The van der Waals surface area contributed by atoms with Crippen LogP contribution in [0.15, 0.2) is 18.3 Å². The number of carbonyl (C=O) groups is 1. The number of carbonyl (C=O) groups excluding carboxylic acids is 1. The molecule has 0 spiro atoms. The van der Waals surface area contributed by atoms with Gasteiger partial charge < -0.3 is 31.7 Å². The maximum absolute atomic E-state index is 14.7. The van der Waals surface area contributed by atoms with Gasteiger partial charge in [0, 0.05) is 25.2 Å². The molecule has 32 heavy (non-hydrogen) atoms. The van der Waals surface area contributed by atoms with Crippen LogP contribution in [0.1, 0.15) is 41.6 Å². The van der Waals surface area contributed by atoms with Crippen LogP contribution < -0.4 is 27.0 Å². The number of halogens is 1. The molecule has 1 aliphatic heterocycles. The topological polar surface area (TPSA) is 131 Å². The summed E-state index contributed by atoms with van der Waals surface area (Å²) in [6, 6.07) is 2.88. The van der Waals surface area contributed by atoms with Gasteiger partial charge in [0.2, 0.25) is 0 Å². The number of morpholine rings is 1. The molecule has 1 aliphatic carbocycles. The third kappa shape index (κ3) is 4.91. The Bertz CT molecular complexity index is 981. The van der Waals surface area contributed by atoms with Crippen LogP contribution in [0, 0.1) is 12.7 Å². The van der Waals surface area contributed by atoms with E-state index < -0.39 is 11.7 Å². The Hall–Kier alpha value is -2.98. The standard InChI is InChI=1S/C22H30FN7O2/c1-13-10-14(12-26-22(13)30-6-8-32-9-7-30)27-20-15(19(25)31)11-16(23)21(29-20)28-18-5-3-2-4-17(18)24/h10-12,17-18H,2-9,24H2,1H3,(H2,25,31)(H2,27,28,29)/t17-,18+/m0/s1. The number of primary amides is 1. The average Bonchev–Trinajstić information content (AvgIpc) is 2.78. The fraction of sp³-hybridized carbons (Fsp3) is 0.500. The van der Waals surface area contributed by atoms with Gasteiger partial charge >= 0.3 is 0 Å². The number of amides is 1. The van der Waals surface area contributed by atoms with Gasteiger partial charge in [-0.3, -0.25) is 4.79 Å². The normalized spacial score (nSPS) is 21.3. The van der Waals surface area contributed by atoms with Crippen molar-refractivity contribution in [1.82, 2.24) is 9.97 Å². The SMILES string of the molecule is Cc1cc(Nc2nc(N[C@@H]3CCCC[C@@H]3N)c(F)cc2C(N)=O)cnc1N1CCOCC1. The van der Waals surface area contributed by atoms with Crippen molar-refractivity contribution < 1.29 is 13.9 Å². The lowest BCUT2D eigenvalue weighted by atomic mass is 9.91. The number of aromatic nitrogens is 2. The lowest BCUT2D eigenvalue weighted by Crippen LogP contribution is -2.43. The van der Waals surface area contributed by atoms with Crippen molar-refractivity contribution in [3.8, 4) is 0 Å². The van der Waals surface area contributed by atoms with E-state index in [1.165, 1.54) is 0 Å². The Labute approximate surface area is 186 Å². The van der Waals surface area contributed by atoms with E-state index in [9.17, 15) is 9.18 Å². The summed E-state index contributed by atoms with van der Waals surface area (Å²) in [6.45, 7) is 4.87. The van der Waals surface area contributed by atoms with Gasteiger partial charge in [0.25, 0.3) is 5.91 Å². The number of pyridine rings is 2. The molecule has 4 rings (SSSR count). The highest BCUT2D eigenvalue weighted by molar-refractivity contribution is 5.98. The second kappa shape index (κ2) is 9.66. The zero-order valence-corrected chi connectivity index (χ0v) is 18.2. The highest BCUT2D eigenvalue weighted by Crippen LogP contribution is 2.28. The summed E-state index contributed by atoms with van der Waals surface area (Å²) in [5, 5.41) is 6.20. The second-order valence-corrected chi connectivity index (χ2v) is 8.37. The average molecular weight is 444 g/mol. The van der Waals surface area contributed by atoms with Crippen LogP contribution in [0.25, 0.3) is 0 Å². The van der Waals surface area contributed by atoms with Crippen LogP contribution in [-0.2, 0) is 4.74 Å². The van der Waals surface area contributed by atoms with Crippen LogP contribution in [0.3, 0.4) is 0 Å². The smallest absolute Gasteiger partial charge is 0.252 e. The van der Waals surface area contributed by atoms with Crippen molar-refractivity contribution >= 4 is 29.0 Å². The monoisotopic (exact) mass is 443 g/mol. The molecule has 172 valence electrons. The fourth-order valence-electron chi connectivity index (χ4n) is 4.27. The summed E-state index contributed by atoms with van der Waals surface area (Å²) in [5.74, 6) is -0.302. The van der Waals surface area contributed by atoms with Crippen molar-refractivity contribution in [1.29, 1.82) is 0 Å². The maximum Gasteiger partial charge on any atom is 0.252 e. The van der Waals surface area contributed by atoms with Gasteiger partial charge in [-0.2, -0.15) is 0 Å². The number of nitrogens with one attached hydrogen (secondary N) is 2. The van der Waals surface area contributed by atoms with Crippen LogP contribution in [-0.4, -0.2) is 54.3 Å². The van der Waals surface area contributed by atoms with Crippen LogP contribution in [0.4, 0.5) is 27.5 Å². The summed E-state index contributed by atoms with van der Waals surface area (Å²) in [4.78, 5) is 23.0. The quantitative estimate of drug-likeness (QED) is 0.535. The van der Waals surface area contributed by atoms with Crippen molar-refractivity contribution in [2.75, 3.05) is 41.8 Å². The first kappa shape index (κ1) is 22.2. The van der Waals surface area contributed by atoms with E-state index in [1.807, 2.05) is 13.0 Å². The summed E-state index contributed by atoms with van der Waals surface area (Å²) in [7, 11) is 0. The minimum Gasteiger partial charge on any atom is -0.378 e.